The van der Waals surface area contributed by atoms with Crippen LogP contribution in [0.1, 0.15) is 16.4 Å². The van der Waals surface area contributed by atoms with E-state index < -0.39 is 34.7 Å². The number of nitrogens with zero attached hydrogens (tertiary/aromatic N) is 1. The standard InChI is InChI=1S/C23H18FN3O5S2/c1-32-14-8-2-11(3-9-14)16-17-18(21(30)26-20(17)29)33-22-19(16)34-23(31)27(22)10-15(28)25-13-6-4-12(24)5-7-13/h2-9,16-18H,10H2,1H3,(H,25,28)(H,26,29,30)/t16-,17?,18?/m0/s1. The minimum absolute atomic E-state index is 0.280. The Morgan fingerprint density at radius 2 is 1.79 bits per heavy atom. The second-order valence-corrected chi connectivity index (χ2v) is 9.97. The fraction of sp³-hybridized carbons (Fsp3) is 0.217. The number of aromatic nitrogens is 1. The number of rotatable bonds is 5. The van der Waals surface area contributed by atoms with E-state index in [2.05, 4.69) is 10.6 Å². The maximum atomic E-state index is 13.1. The fourth-order valence-corrected chi connectivity index (χ4v) is 6.96. The van der Waals surface area contributed by atoms with Crippen LogP contribution in [0.25, 0.3) is 0 Å². The number of anilines is 1. The van der Waals surface area contributed by atoms with Crippen LogP contribution >= 0.6 is 23.1 Å². The van der Waals surface area contributed by atoms with Crippen LogP contribution < -0.4 is 20.2 Å². The molecule has 0 bridgehead atoms. The maximum absolute atomic E-state index is 13.1. The molecule has 0 aliphatic carbocycles. The van der Waals surface area contributed by atoms with Gasteiger partial charge in [-0.25, -0.2) is 4.39 Å². The highest BCUT2D eigenvalue weighted by molar-refractivity contribution is 8.00. The normalized spacial score (nSPS) is 20.9. The Balaban J connectivity index is 1.52. The van der Waals surface area contributed by atoms with Gasteiger partial charge in [0.15, 0.2) is 0 Å². The van der Waals surface area contributed by atoms with E-state index >= 15 is 0 Å². The number of ether oxygens (including phenoxy) is 1. The zero-order valence-electron chi connectivity index (χ0n) is 17.7. The number of carbonyl (C=O) groups is 3. The molecular formula is C23H18FN3O5S2. The van der Waals surface area contributed by atoms with Crippen LogP contribution in [0.15, 0.2) is 58.4 Å². The number of hydrogen-bond acceptors (Lipinski definition) is 7. The van der Waals surface area contributed by atoms with Crippen LogP contribution in [-0.2, 0) is 20.9 Å². The molecule has 11 heteroatoms. The van der Waals surface area contributed by atoms with Gasteiger partial charge in [-0.3, -0.25) is 29.1 Å². The summed E-state index contributed by atoms with van der Waals surface area (Å²) >= 11 is 2.10. The van der Waals surface area contributed by atoms with E-state index in [4.69, 9.17) is 4.74 Å². The number of methoxy groups -OCH3 is 1. The van der Waals surface area contributed by atoms with Gasteiger partial charge in [0, 0.05) is 16.5 Å². The lowest BCUT2D eigenvalue weighted by Crippen LogP contribution is -2.32. The Morgan fingerprint density at radius 3 is 2.47 bits per heavy atom. The van der Waals surface area contributed by atoms with E-state index in [1.165, 1.54) is 28.8 Å². The summed E-state index contributed by atoms with van der Waals surface area (Å²) < 4.78 is 19.7. The third-order valence-electron chi connectivity index (χ3n) is 5.79. The summed E-state index contributed by atoms with van der Waals surface area (Å²) in [4.78, 5) is 51.1. The number of halogens is 1. The van der Waals surface area contributed by atoms with E-state index in [1.807, 2.05) is 12.1 Å². The monoisotopic (exact) mass is 499 g/mol. The smallest absolute Gasteiger partial charge is 0.308 e. The lowest BCUT2D eigenvalue weighted by Gasteiger charge is -2.30. The Kier molecular flexibility index (Phi) is 5.74. The van der Waals surface area contributed by atoms with Gasteiger partial charge in [-0.1, -0.05) is 35.2 Å². The predicted molar refractivity (Wildman–Crippen MR) is 125 cm³/mol. The Labute approximate surface area is 201 Å². The molecule has 0 radical (unpaired) electrons. The van der Waals surface area contributed by atoms with Gasteiger partial charge in [-0.2, -0.15) is 0 Å². The molecule has 8 nitrogen and oxygen atoms in total. The molecule has 3 heterocycles. The van der Waals surface area contributed by atoms with E-state index in [0.717, 1.165) is 28.7 Å². The molecule has 5 rings (SSSR count). The number of nitrogens with one attached hydrogen (secondary N) is 2. The highest BCUT2D eigenvalue weighted by Gasteiger charge is 2.52. The minimum atomic E-state index is -0.715. The second kappa shape index (κ2) is 8.73. The number of amides is 3. The summed E-state index contributed by atoms with van der Waals surface area (Å²) in [5.41, 5.74) is 1.17. The molecule has 3 amide bonds. The molecule has 1 saturated heterocycles. The van der Waals surface area contributed by atoms with Crippen molar-refractivity contribution >= 4 is 46.5 Å². The quantitative estimate of drug-likeness (QED) is 0.523. The van der Waals surface area contributed by atoms with Gasteiger partial charge in [0.2, 0.25) is 17.7 Å². The SMILES string of the molecule is COc1ccc([C@@H]2c3sc(=O)n(CC(=O)Nc4ccc(F)cc4)c3SC3C(=O)NC(=O)C32)cc1. The fourth-order valence-electron chi connectivity index (χ4n) is 4.22. The molecule has 2 aliphatic rings. The zero-order chi connectivity index (χ0) is 24.0. The second-order valence-electron chi connectivity index (χ2n) is 7.85. The van der Waals surface area contributed by atoms with E-state index in [0.29, 0.717) is 21.3 Å². The van der Waals surface area contributed by atoms with Crippen molar-refractivity contribution in [2.24, 2.45) is 5.92 Å². The summed E-state index contributed by atoms with van der Waals surface area (Å²) in [5.74, 6) is -2.23. The van der Waals surface area contributed by atoms with Gasteiger partial charge in [0.25, 0.3) is 0 Å². The third kappa shape index (κ3) is 3.90. The predicted octanol–water partition coefficient (Wildman–Crippen LogP) is 2.58. The Morgan fingerprint density at radius 1 is 1.09 bits per heavy atom. The molecule has 1 fully saturated rings. The Hall–Kier alpha value is -3.44. The summed E-state index contributed by atoms with van der Waals surface area (Å²) in [7, 11) is 1.55. The highest BCUT2D eigenvalue weighted by Crippen LogP contribution is 2.51. The van der Waals surface area contributed by atoms with E-state index in [-0.39, 0.29) is 17.3 Å². The van der Waals surface area contributed by atoms with Crippen molar-refractivity contribution in [3.8, 4) is 5.75 Å². The van der Waals surface area contributed by atoms with Crippen molar-refractivity contribution in [2.75, 3.05) is 12.4 Å². The van der Waals surface area contributed by atoms with Gasteiger partial charge in [0.1, 0.15) is 23.4 Å². The van der Waals surface area contributed by atoms with Crippen molar-refractivity contribution in [3.63, 3.8) is 0 Å². The molecule has 3 atom stereocenters. The first-order chi connectivity index (χ1) is 16.4. The highest BCUT2D eigenvalue weighted by atomic mass is 32.2. The average Bonchev–Trinajstić information content (AvgIpc) is 3.29. The number of imide groups is 1. The third-order valence-corrected chi connectivity index (χ3v) is 8.41. The van der Waals surface area contributed by atoms with E-state index in [1.54, 1.807) is 19.2 Å². The molecule has 1 aromatic heterocycles. The van der Waals surface area contributed by atoms with Crippen molar-refractivity contribution < 1.29 is 23.5 Å². The molecule has 2 N–H and O–H groups in total. The summed E-state index contributed by atoms with van der Waals surface area (Å²) in [6.45, 7) is -0.280. The van der Waals surface area contributed by atoms with Crippen LogP contribution in [0, 0.1) is 11.7 Å². The largest absolute Gasteiger partial charge is 0.497 e. The molecule has 2 unspecified atom stereocenters. The summed E-state index contributed by atoms with van der Waals surface area (Å²) in [5, 5.41) is 4.82. The van der Waals surface area contributed by atoms with Crippen LogP contribution in [0.5, 0.6) is 5.75 Å². The molecular weight excluding hydrogens is 481 g/mol. The number of carbonyl (C=O) groups excluding carboxylic acids is 3. The first kappa shape index (κ1) is 22.4. The number of hydrogen-bond donors (Lipinski definition) is 2. The molecule has 2 aliphatic heterocycles. The molecule has 0 spiro atoms. The average molecular weight is 500 g/mol. The van der Waals surface area contributed by atoms with Gasteiger partial charge in [0.05, 0.1) is 18.1 Å². The first-order valence-corrected chi connectivity index (χ1v) is 12.0. The van der Waals surface area contributed by atoms with Crippen LogP contribution in [-0.4, -0.2) is 34.6 Å². The van der Waals surface area contributed by atoms with Gasteiger partial charge < -0.3 is 10.1 Å². The van der Waals surface area contributed by atoms with Crippen LogP contribution in [0.2, 0.25) is 0 Å². The molecule has 3 aromatic rings. The number of thiazole rings is 1. The Bertz CT molecular complexity index is 1350. The van der Waals surface area contributed by atoms with Crippen molar-refractivity contribution in [1.29, 1.82) is 0 Å². The molecule has 2 aromatic carbocycles. The van der Waals surface area contributed by atoms with Crippen LogP contribution in [0.3, 0.4) is 0 Å². The lowest BCUT2D eigenvalue weighted by molar-refractivity contribution is -0.126. The summed E-state index contributed by atoms with van der Waals surface area (Å²) in [6, 6.07) is 12.4. The number of fused-ring (bicyclic) bond motifs is 2. The summed E-state index contributed by atoms with van der Waals surface area (Å²) in [6.07, 6.45) is 0. The van der Waals surface area contributed by atoms with E-state index in [9.17, 15) is 23.6 Å². The molecule has 0 saturated carbocycles. The molecule has 34 heavy (non-hydrogen) atoms. The van der Waals surface area contributed by atoms with Gasteiger partial charge in [-0.05, 0) is 42.0 Å². The van der Waals surface area contributed by atoms with Crippen molar-refractivity contribution in [2.45, 2.75) is 22.7 Å². The van der Waals surface area contributed by atoms with Gasteiger partial charge in [-0.15, -0.1) is 0 Å². The van der Waals surface area contributed by atoms with Crippen molar-refractivity contribution in [1.82, 2.24) is 9.88 Å². The number of thioether (sulfide) groups is 1. The van der Waals surface area contributed by atoms with Crippen LogP contribution in [0.4, 0.5) is 10.1 Å². The first-order valence-electron chi connectivity index (χ1n) is 10.3. The van der Waals surface area contributed by atoms with Gasteiger partial charge >= 0.3 is 4.87 Å². The molecule has 174 valence electrons. The topological polar surface area (TPSA) is 106 Å². The van der Waals surface area contributed by atoms with Crippen molar-refractivity contribution in [3.05, 3.63) is 74.5 Å². The zero-order valence-corrected chi connectivity index (χ0v) is 19.4. The minimum Gasteiger partial charge on any atom is -0.497 e. The maximum Gasteiger partial charge on any atom is 0.308 e. The number of benzene rings is 2. The lowest BCUT2D eigenvalue weighted by atomic mass is 9.83.